The lowest BCUT2D eigenvalue weighted by Gasteiger charge is -2.18. The van der Waals surface area contributed by atoms with E-state index in [0.717, 1.165) is 5.56 Å². The topological polar surface area (TPSA) is 49.8 Å². The van der Waals surface area contributed by atoms with Gasteiger partial charge in [-0.2, -0.15) is 0 Å². The van der Waals surface area contributed by atoms with E-state index in [0.29, 0.717) is 24.6 Å². The van der Waals surface area contributed by atoms with Gasteiger partial charge in [0.05, 0.1) is 6.54 Å². The first-order valence-corrected chi connectivity index (χ1v) is 7.90. The minimum absolute atomic E-state index is 0. The zero-order chi connectivity index (χ0) is 18.1. The Morgan fingerprint density at radius 3 is 2.58 bits per heavy atom. The summed E-state index contributed by atoms with van der Waals surface area (Å²) in [5.74, 6) is 0.893. The Morgan fingerprint density at radius 1 is 1.19 bits per heavy atom. The zero-order valence-corrected chi connectivity index (χ0v) is 17.1. The Labute approximate surface area is 169 Å². The molecule has 0 bridgehead atoms. The van der Waals surface area contributed by atoms with Gasteiger partial charge in [-0.25, -0.2) is 18.8 Å². The summed E-state index contributed by atoms with van der Waals surface area (Å²) in [4.78, 5) is 10.4. The maximum Gasteiger partial charge on any atom is 0.272 e. The highest BCUT2D eigenvalue weighted by molar-refractivity contribution is 14.0. The van der Waals surface area contributed by atoms with E-state index in [1.165, 1.54) is 6.20 Å². The fourth-order valence-electron chi connectivity index (χ4n) is 2.11. The van der Waals surface area contributed by atoms with E-state index in [1.807, 2.05) is 49.3 Å². The summed E-state index contributed by atoms with van der Waals surface area (Å²) in [6.07, 6.45) is -1.02. The van der Waals surface area contributed by atoms with Crippen LogP contribution >= 0.6 is 24.0 Å². The van der Waals surface area contributed by atoms with Crippen molar-refractivity contribution in [1.29, 1.82) is 0 Å². The SMILES string of the molecule is CN(C)C(=NCc1ccccc1)NCc1cccnc1OCC(F)F.I. The molecule has 26 heavy (non-hydrogen) atoms. The van der Waals surface area contributed by atoms with Crippen LogP contribution in [0.5, 0.6) is 5.88 Å². The summed E-state index contributed by atoms with van der Waals surface area (Å²) in [6, 6.07) is 13.4. The van der Waals surface area contributed by atoms with Gasteiger partial charge < -0.3 is 15.0 Å². The van der Waals surface area contributed by atoms with E-state index in [9.17, 15) is 8.78 Å². The van der Waals surface area contributed by atoms with Crippen LogP contribution in [-0.2, 0) is 13.1 Å². The number of nitrogens with one attached hydrogen (secondary N) is 1. The van der Waals surface area contributed by atoms with Crippen molar-refractivity contribution in [3.63, 3.8) is 0 Å². The van der Waals surface area contributed by atoms with Crippen LogP contribution in [0.15, 0.2) is 53.7 Å². The molecule has 0 amide bonds. The van der Waals surface area contributed by atoms with Gasteiger partial charge in [-0.1, -0.05) is 36.4 Å². The zero-order valence-electron chi connectivity index (χ0n) is 14.7. The number of pyridine rings is 1. The molecule has 5 nitrogen and oxygen atoms in total. The van der Waals surface area contributed by atoms with E-state index >= 15 is 0 Å². The highest BCUT2D eigenvalue weighted by Gasteiger charge is 2.10. The number of hydrogen-bond acceptors (Lipinski definition) is 3. The maximum atomic E-state index is 12.3. The van der Waals surface area contributed by atoms with Gasteiger partial charge in [-0.15, -0.1) is 24.0 Å². The molecule has 142 valence electrons. The van der Waals surface area contributed by atoms with E-state index < -0.39 is 13.0 Å². The number of alkyl halides is 2. The van der Waals surface area contributed by atoms with Crippen molar-refractivity contribution < 1.29 is 13.5 Å². The molecule has 0 atom stereocenters. The Balaban J connectivity index is 0.00000338. The lowest BCUT2D eigenvalue weighted by atomic mass is 10.2. The minimum Gasteiger partial charge on any atom is -0.471 e. The van der Waals surface area contributed by atoms with Crippen LogP contribution in [0.1, 0.15) is 11.1 Å². The van der Waals surface area contributed by atoms with Gasteiger partial charge in [0.15, 0.2) is 12.6 Å². The summed E-state index contributed by atoms with van der Waals surface area (Å²) in [7, 11) is 3.77. The van der Waals surface area contributed by atoms with Crippen LogP contribution in [0, 0.1) is 0 Å². The van der Waals surface area contributed by atoms with Crippen LogP contribution in [-0.4, -0.2) is 43.0 Å². The van der Waals surface area contributed by atoms with Crippen molar-refractivity contribution >= 4 is 29.9 Å². The fraction of sp³-hybridized carbons (Fsp3) is 0.333. The third-order valence-electron chi connectivity index (χ3n) is 3.31. The Morgan fingerprint density at radius 2 is 1.92 bits per heavy atom. The first-order valence-electron chi connectivity index (χ1n) is 7.90. The first kappa shape index (κ1) is 22.1. The monoisotopic (exact) mass is 476 g/mol. The second kappa shape index (κ2) is 11.6. The summed E-state index contributed by atoms with van der Waals surface area (Å²) in [5.41, 5.74) is 1.79. The predicted molar refractivity (Wildman–Crippen MR) is 109 cm³/mol. The average Bonchev–Trinajstić information content (AvgIpc) is 2.61. The summed E-state index contributed by atoms with van der Waals surface area (Å²) < 4.78 is 29.7. The second-order valence-corrected chi connectivity index (χ2v) is 5.54. The molecule has 2 aromatic rings. The van der Waals surface area contributed by atoms with Crippen LogP contribution < -0.4 is 10.1 Å². The highest BCUT2D eigenvalue weighted by atomic mass is 127. The van der Waals surface area contributed by atoms with Gasteiger partial charge in [0.2, 0.25) is 5.88 Å². The average molecular weight is 476 g/mol. The molecule has 1 aromatic carbocycles. The van der Waals surface area contributed by atoms with Gasteiger partial charge in [-0.3, -0.25) is 0 Å². The van der Waals surface area contributed by atoms with Crippen molar-refractivity contribution in [3.8, 4) is 5.88 Å². The molecule has 1 N–H and O–H groups in total. The van der Waals surface area contributed by atoms with E-state index in [4.69, 9.17) is 4.74 Å². The Bertz CT molecular complexity index is 684. The van der Waals surface area contributed by atoms with Crippen LogP contribution in [0.2, 0.25) is 0 Å². The number of rotatable bonds is 7. The van der Waals surface area contributed by atoms with Gasteiger partial charge in [0.25, 0.3) is 6.43 Å². The van der Waals surface area contributed by atoms with E-state index in [-0.39, 0.29) is 29.9 Å². The number of halogens is 3. The van der Waals surface area contributed by atoms with Crippen LogP contribution in [0.3, 0.4) is 0 Å². The smallest absolute Gasteiger partial charge is 0.272 e. The molecule has 8 heteroatoms. The molecule has 1 heterocycles. The van der Waals surface area contributed by atoms with E-state index in [1.54, 1.807) is 12.1 Å². The molecule has 0 fully saturated rings. The molecular weight excluding hydrogens is 453 g/mol. The molecule has 0 aliphatic rings. The lowest BCUT2D eigenvalue weighted by Crippen LogP contribution is -2.36. The van der Waals surface area contributed by atoms with Crippen LogP contribution in [0.25, 0.3) is 0 Å². The molecule has 0 spiro atoms. The van der Waals surface area contributed by atoms with Crippen molar-refractivity contribution in [2.24, 2.45) is 4.99 Å². The van der Waals surface area contributed by atoms with Crippen molar-refractivity contribution in [3.05, 3.63) is 59.8 Å². The number of ether oxygens (including phenoxy) is 1. The number of benzene rings is 1. The number of aliphatic imine (C=N–C) groups is 1. The first-order chi connectivity index (χ1) is 12.1. The predicted octanol–water partition coefficient (Wildman–Crippen LogP) is 3.55. The third kappa shape index (κ3) is 7.51. The Hall–Kier alpha value is -1.97. The molecule has 0 unspecified atom stereocenters. The number of nitrogens with zero attached hydrogens (tertiary/aromatic N) is 3. The molecule has 0 saturated carbocycles. The number of guanidine groups is 1. The summed E-state index contributed by atoms with van der Waals surface area (Å²) >= 11 is 0. The van der Waals surface area contributed by atoms with Gasteiger partial charge in [-0.05, 0) is 11.6 Å². The number of aromatic nitrogens is 1. The molecule has 0 aliphatic heterocycles. The molecule has 0 aliphatic carbocycles. The molecular formula is C18H23F2IN4O. The minimum atomic E-state index is -2.53. The molecule has 2 rings (SSSR count). The van der Waals surface area contributed by atoms with Gasteiger partial charge in [0.1, 0.15) is 0 Å². The molecule has 0 saturated heterocycles. The van der Waals surface area contributed by atoms with Gasteiger partial charge >= 0.3 is 0 Å². The number of hydrogen-bond donors (Lipinski definition) is 1. The largest absolute Gasteiger partial charge is 0.471 e. The van der Waals surface area contributed by atoms with Gasteiger partial charge in [0, 0.05) is 32.4 Å². The lowest BCUT2D eigenvalue weighted by molar-refractivity contribution is 0.0790. The van der Waals surface area contributed by atoms with Crippen molar-refractivity contribution in [2.75, 3.05) is 20.7 Å². The third-order valence-corrected chi connectivity index (χ3v) is 3.31. The Kier molecular flexibility index (Phi) is 9.85. The highest BCUT2D eigenvalue weighted by Crippen LogP contribution is 2.15. The normalized spacial score (nSPS) is 11.0. The molecule has 0 radical (unpaired) electrons. The quantitative estimate of drug-likeness (QED) is 0.378. The maximum absolute atomic E-state index is 12.3. The second-order valence-electron chi connectivity index (χ2n) is 5.54. The summed E-state index contributed by atoms with van der Waals surface area (Å²) in [6.45, 7) is 0.244. The van der Waals surface area contributed by atoms with Crippen LogP contribution in [0.4, 0.5) is 8.78 Å². The fourth-order valence-corrected chi connectivity index (χ4v) is 2.11. The standard InChI is InChI=1S/C18H22F2N4O.HI/c1-24(2)18(22-11-14-7-4-3-5-8-14)23-12-15-9-6-10-21-17(15)25-13-16(19)20;/h3-10,16H,11-13H2,1-2H3,(H,22,23);1H. The van der Waals surface area contributed by atoms with Crippen molar-refractivity contribution in [1.82, 2.24) is 15.2 Å². The van der Waals surface area contributed by atoms with E-state index in [2.05, 4.69) is 15.3 Å². The summed E-state index contributed by atoms with van der Waals surface area (Å²) in [5, 5.41) is 3.20. The van der Waals surface area contributed by atoms with Crippen molar-refractivity contribution in [2.45, 2.75) is 19.5 Å². The molecule has 1 aromatic heterocycles.